The van der Waals surface area contributed by atoms with Gasteiger partial charge in [0.1, 0.15) is 0 Å². The summed E-state index contributed by atoms with van der Waals surface area (Å²) in [7, 11) is 0. The predicted octanol–water partition coefficient (Wildman–Crippen LogP) is 2.70. The van der Waals surface area contributed by atoms with Crippen molar-refractivity contribution in [3.8, 4) is 0 Å². The number of carbonyl (C=O) groups is 1. The highest BCUT2D eigenvalue weighted by Crippen LogP contribution is 2.39. The van der Waals surface area contributed by atoms with E-state index in [1.165, 1.54) is 0 Å². The summed E-state index contributed by atoms with van der Waals surface area (Å²) < 4.78 is 0.914. The number of halogens is 1. The molecule has 1 fully saturated rings. The Hall–Kier alpha value is -1.62. The van der Waals surface area contributed by atoms with E-state index in [4.69, 9.17) is 5.73 Å². The van der Waals surface area contributed by atoms with Crippen molar-refractivity contribution in [2.75, 3.05) is 5.73 Å². The molecule has 1 aromatic carbocycles. The predicted molar refractivity (Wildman–Crippen MR) is 76.8 cm³/mol. The van der Waals surface area contributed by atoms with Crippen LogP contribution in [0.15, 0.2) is 22.7 Å². The molecule has 4 nitrogen and oxygen atoms in total. The Bertz CT molecular complexity index is 724. The van der Waals surface area contributed by atoms with Crippen molar-refractivity contribution in [1.29, 1.82) is 0 Å². The molecular formula is C14H12BrN3O. The molecule has 0 radical (unpaired) electrons. The molecule has 0 unspecified atom stereocenters. The van der Waals surface area contributed by atoms with Crippen molar-refractivity contribution in [2.45, 2.75) is 25.4 Å². The molecule has 0 atom stereocenters. The molecule has 1 saturated carbocycles. The van der Waals surface area contributed by atoms with Crippen molar-refractivity contribution < 1.29 is 4.79 Å². The third-order valence-corrected chi connectivity index (χ3v) is 4.50. The number of hydrogen-bond donors (Lipinski definition) is 1. The van der Waals surface area contributed by atoms with Crippen molar-refractivity contribution in [1.82, 2.24) is 9.88 Å². The highest BCUT2D eigenvalue weighted by Gasteiger charge is 2.40. The fraction of sp³-hybridized carbons (Fsp3) is 0.286. The summed E-state index contributed by atoms with van der Waals surface area (Å²) >= 11 is 3.49. The number of amides is 1. The van der Waals surface area contributed by atoms with Crippen molar-refractivity contribution >= 4 is 38.4 Å². The number of nitrogens with two attached hydrogens (primary N) is 1. The molecule has 0 spiro atoms. The third-order valence-electron chi connectivity index (χ3n) is 3.86. The smallest absolute Gasteiger partial charge is 0.258 e. The van der Waals surface area contributed by atoms with Gasteiger partial charge in [-0.15, -0.1) is 0 Å². The average Bonchev–Trinajstić information content (AvgIpc) is 3.17. The summed E-state index contributed by atoms with van der Waals surface area (Å²) in [6.07, 6.45) is 2.20. The Morgan fingerprint density at radius 1 is 1.37 bits per heavy atom. The van der Waals surface area contributed by atoms with E-state index < -0.39 is 0 Å². The monoisotopic (exact) mass is 317 g/mol. The Kier molecular flexibility index (Phi) is 2.18. The highest BCUT2D eigenvalue weighted by molar-refractivity contribution is 9.10. The van der Waals surface area contributed by atoms with E-state index in [9.17, 15) is 4.79 Å². The molecule has 1 aliphatic heterocycles. The van der Waals surface area contributed by atoms with Gasteiger partial charge < -0.3 is 10.6 Å². The molecule has 5 heteroatoms. The van der Waals surface area contributed by atoms with Crippen LogP contribution in [0.1, 0.15) is 28.9 Å². The number of para-hydroxylation sites is 1. The van der Waals surface area contributed by atoms with Gasteiger partial charge in [-0.2, -0.15) is 0 Å². The zero-order valence-electron chi connectivity index (χ0n) is 10.2. The maximum Gasteiger partial charge on any atom is 0.258 e. The number of aromatic nitrogens is 1. The van der Waals surface area contributed by atoms with E-state index in [1.54, 1.807) is 0 Å². The van der Waals surface area contributed by atoms with Crippen LogP contribution in [-0.4, -0.2) is 21.8 Å². The molecule has 2 aliphatic rings. The Labute approximate surface area is 118 Å². The summed E-state index contributed by atoms with van der Waals surface area (Å²) in [5.41, 5.74) is 9.03. The maximum atomic E-state index is 12.4. The van der Waals surface area contributed by atoms with Crippen LogP contribution >= 0.6 is 15.9 Å². The number of nitrogen functional groups attached to an aromatic ring is 1. The van der Waals surface area contributed by atoms with Gasteiger partial charge in [-0.25, -0.2) is 4.98 Å². The second-order valence-corrected chi connectivity index (χ2v) is 6.00. The lowest BCUT2D eigenvalue weighted by atomic mass is 10.1. The molecule has 2 aromatic rings. The fourth-order valence-corrected chi connectivity index (χ4v) is 3.19. The van der Waals surface area contributed by atoms with E-state index in [2.05, 4.69) is 20.9 Å². The van der Waals surface area contributed by atoms with E-state index in [0.29, 0.717) is 23.8 Å². The van der Waals surface area contributed by atoms with Crippen LogP contribution in [0.5, 0.6) is 0 Å². The van der Waals surface area contributed by atoms with Gasteiger partial charge in [-0.1, -0.05) is 12.1 Å². The van der Waals surface area contributed by atoms with Crippen LogP contribution < -0.4 is 5.73 Å². The first-order valence-corrected chi connectivity index (χ1v) is 7.13. The molecule has 2 N–H and O–H groups in total. The number of pyridine rings is 1. The van der Waals surface area contributed by atoms with Gasteiger partial charge in [0.25, 0.3) is 5.91 Å². The van der Waals surface area contributed by atoms with Crippen molar-refractivity contribution in [3.05, 3.63) is 33.9 Å². The molecule has 4 rings (SSSR count). The van der Waals surface area contributed by atoms with Gasteiger partial charge >= 0.3 is 0 Å². The number of benzene rings is 1. The topological polar surface area (TPSA) is 59.2 Å². The Morgan fingerprint density at radius 3 is 2.89 bits per heavy atom. The minimum Gasteiger partial charge on any atom is -0.397 e. The van der Waals surface area contributed by atoms with Gasteiger partial charge in [0.05, 0.1) is 29.0 Å². The van der Waals surface area contributed by atoms with Crippen LogP contribution in [0.3, 0.4) is 0 Å². The standard InChI is InChI=1S/C14H12BrN3O/c15-9-3-1-2-8-12(16)11-10(17-13(8)9)6-18(14(11)19)7-4-5-7/h1-3,7H,4-6H2,(H2,16,17). The molecule has 1 aliphatic carbocycles. The van der Waals surface area contributed by atoms with Gasteiger partial charge in [0.2, 0.25) is 0 Å². The maximum absolute atomic E-state index is 12.4. The van der Waals surface area contributed by atoms with Gasteiger partial charge in [-0.05, 0) is 34.8 Å². The largest absolute Gasteiger partial charge is 0.397 e. The lowest BCUT2D eigenvalue weighted by Gasteiger charge is -2.13. The van der Waals surface area contributed by atoms with E-state index >= 15 is 0 Å². The van der Waals surface area contributed by atoms with Gasteiger partial charge in [0.15, 0.2) is 0 Å². The first-order chi connectivity index (χ1) is 9.16. The van der Waals surface area contributed by atoms with Crippen LogP contribution in [0.25, 0.3) is 10.9 Å². The minimum absolute atomic E-state index is 0.0457. The van der Waals surface area contributed by atoms with Gasteiger partial charge in [0, 0.05) is 15.9 Å². The first kappa shape index (κ1) is 11.2. The quantitative estimate of drug-likeness (QED) is 0.879. The van der Waals surface area contributed by atoms with Crippen molar-refractivity contribution in [3.63, 3.8) is 0 Å². The lowest BCUT2D eigenvalue weighted by molar-refractivity contribution is 0.0767. The lowest BCUT2D eigenvalue weighted by Crippen LogP contribution is -2.26. The molecule has 2 heterocycles. The molecule has 1 amide bonds. The zero-order valence-corrected chi connectivity index (χ0v) is 11.8. The first-order valence-electron chi connectivity index (χ1n) is 6.34. The summed E-state index contributed by atoms with van der Waals surface area (Å²) in [4.78, 5) is 19.0. The molecule has 96 valence electrons. The molecular weight excluding hydrogens is 306 g/mol. The van der Waals surface area contributed by atoms with E-state index in [0.717, 1.165) is 33.9 Å². The number of carbonyl (C=O) groups excluding carboxylic acids is 1. The Morgan fingerprint density at radius 2 is 2.16 bits per heavy atom. The third kappa shape index (κ3) is 1.51. The Balaban J connectivity index is 1.98. The normalized spacial score (nSPS) is 18.2. The number of nitrogens with zero attached hydrogens (tertiary/aromatic N) is 2. The summed E-state index contributed by atoms with van der Waals surface area (Å²) in [5, 5.41) is 0.846. The van der Waals surface area contributed by atoms with Gasteiger partial charge in [-0.3, -0.25) is 4.79 Å². The second kappa shape index (κ2) is 3.70. The van der Waals surface area contributed by atoms with Crippen LogP contribution in [0, 0.1) is 0 Å². The van der Waals surface area contributed by atoms with Crippen LogP contribution in [0.2, 0.25) is 0 Å². The SMILES string of the molecule is Nc1c2c(nc3c(Br)cccc13)CN(C1CC1)C2=O. The van der Waals surface area contributed by atoms with Crippen LogP contribution in [0.4, 0.5) is 5.69 Å². The van der Waals surface area contributed by atoms with E-state index in [-0.39, 0.29) is 5.91 Å². The average molecular weight is 318 g/mol. The summed E-state index contributed by atoms with van der Waals surface area (Å²) in [6.45, 7) is 0.598. The number of rotatable bonds is 1. The highest BCUT2D eigenvalue weighted by atomic mass is 79.9. The zero-order chi connectivity index (χ0) is 13.1. The number of anilines is 1. The van der Waals surface area contributed by atoms with Crippen LogP contribution in [-0.2, 0) is 6.54 Å². The molecule has 1 aromatic heterocycles. The fourth-order valence-electron chi connectivity index (χ4n) is 2.74. The number of hydrogen-bond acceptors (Lipinski definition) is 3. The molecule has 0 bridgehead atoms. The van der Waals surface area contributed by atoms with E-state index in [1.807, 2.05) is 23.1 Å². The van der Waals surface area contributed by atoms with Crippen molar-refractivity contribution in [2.24, 2.45) is 0 Å². The summed E-state index contributed by atoms with van der Waals surface area (Å²) in [5.74, 6) is 0.0457. The summed E-state index contributed by atoms with van der Waals surface area (Å²) in [6, 6.07) is 6.16. The molecule has 0 saturated heterocycles. The second-order valence-electron chi connectivity index (χ2n) is 5.15. The number of fused-ring (bicyclic) bond motifs is 2. The molecule has 19 heavy (non-hydrogen) atoms. The minimum atomic E-state index is 0.0457.